The summed E-state index contributed by atoms with van der Waals surface area (Å²) in [6.07, 6.45) is 7.04. The van der Waals surface area contributed by atoms with Crippen LogP contribution in [0.1, 0.15) is 56.0 Å². The monoisotopic (exact) mass is 511 g/mol. The Morgan fingerprint density at radius 1 is 1.16 bits per heavy atom. The van der Waals surface area contributed by atoms with Crippen LogP contribution in [0.25, 0.3) is 27.5 Å². The molecule has 4 aromatic heterocycles. The summed E-state index contributed by atoms with van der Waals surface area (Å²) in [6, 6.07) is 11.6. The third kappa shape index (κ3) is 5.13. The van der Waals surface area contributed by atoms with Crippen LogP contribution in [0.15, 0.2) is 36.7 Å². The topological polar surface area (TPSA) is 145 Å². The minimum Gasteiger partial charge on any atom is -0.369 e. The van der Waals surface area contributed by atoms with Crippen molar-refractivity contribution in [2.75, 3.05) is 5.32 Å². The van der Waals surface area contributed by atoms with Crippen molar-refractivity contribution in [3.63, 3.8) is 0 Å². The lowest BCUT2D eigenvalue weighted by Gasteiger charge is -2.27. The van der Waals surface area contributed by atoms with E-state index in [1.807, 2.05) is 18.2 Å². The Morgan fingerprint density at radius 3 is 2.70 bits per heavy atom. The second-order valence-corrected chi connectivity index (χ2v) is 10.2. The van der Waals surface area contributed by atoms with Crippen molar-refractivity contribution in [2.24, 2.45) is 0 Å². The second kappa shape index (κ2) is 10.3. The average Bonchev–Trinajstić information content (AvgIpc) is 3.56. The van der Waals surface area contributed by atoms with E-state index in [9.17, 15) is 10.1 Å². The Labute approximate surface area is 218 Å². The maximum atomic E-state index is 11.4. The molecular formula is C26H25N9OS. The molecule has 0 unspecified atom stereocenters. The van der Waals surface area contributed by atoms with Crippen LogP contribution in [0.3, 0.4) is 0 Å². The van der Waals surface area contributed by atoms with E-state index < -0.39 is 6.04 Å². The predicted molar refractivity (Wildman–Crippen MR) is 140 cm³/mol. The molecule has 2 N–H and O–H groups in total. The highest BCUT2D eigenvalue weighted by molar-refractivity contribution is 7.14. The minimum absolute atomic E-state index is 0.0140. The van der Waals surface area contributed by atoms with Crippen molar-refractivity contribution in [2.45, 2.75) is 57.5 Å². The van der Waals surface area contributed by atoms with Crippen LogP contribution < -0.4 is 10.6 Å². The van der Waals surface area contributed by atoms with Gasteiger partial charge in [0.2, 0.25) is 5.91 Å². The predicted octanol–water partition coefficient (Wildman–Crippen LogP) is 4.27. The number of nitrogens with zero attached hydrogens (tertiary/aromatic N) is 7. The highest BCUT2D eigenvalue weighted by Crippen LogP contribution is 2.39. The summed E-state index contributed by atoms with van der Waals surface area (Å²) < 4.78 is 1.74. The molecule has 4 heterocycles. The van der Waals surface area contributed by atoms with E-state index >= 15 is 0 Å². The molecule has 11 heteroatoms. The molecule has 4 aromatic rings. The number of fused-ring (bicyclic) bond motifs is 1. The van der Waals surface area contributed by atoms with Gasteiger partial charge in [0.05, 0.1) is 40.3 Å². The Hall–Kier alpha value is -4.35. The number of nitrogens with one attached hydrogen (secondary N) is 2. The third-order valence-electron chi connectivity index (χ3n) is 6.52. The van der Waals surface area contributed by atoms with Crippen LogP contribution in [0.2, 0.25) is 0 Å². The molecule has 1 amide bonds. The number of carbonyl (C=O) groups excluding carboxylic acids is 1. The molecule has 1 aliphatic carbocycles. The third-order valence-corrected chi connectivity index (χ3v) is 7.64. The molecule has 10 nitrogen and oxygen atoms in total. The first-order valence-corrected chi connectivity index (χ1v) is 12.9. The molecule has 37 heavy (non-hydrogen) atoms. The summed E-state index contributed by atoms with van der Waals surface area (Å²) >= 11 is 1.55. The first-order chi connectivity index (χ1) is 17.9. The quantitative estimate of drug-likeness (QED) is 0.390. The zero-order chi connectivity index (χ0) is 25.9. The first kappa shape index (κ1) is 24.3. The van der Waals surface area contributed by atoms with Gasteiger partial charge in [-0.3, -0.25) is 9.78 Å². The van der Waals surface area contributed by atoms with Crippen molar-refractivity contribution in [1.29, 1.82) is 10.5 Å². The highest BCUT2D eigenvalue weighted by atomic mass is 32.1. The zero-order valence-corrected chi connectivity index (χ0v) is 21.3. The summed E-state index contributed by atoms with van der Waals surface area (Å²) in [4.78, 5) is 16.1. The lowest BCUT2D eigenvalue weighted by molar-refractivity contribution is -0.119. The van der Waals surface area contributed by atoms with Gasteiger partial charge in [-0.15, -0.1) is 10.2 Å². The van der Waals surface area contributed by atoms with Gasteiger partial charge in [-0.25, -0.2) is 4.52 Å². The SMILES string of the molecule is CC(=O)NC1CCC(c2nnc(-c3cnc(-c4ccc5cc(C#N)cnn45)cc3N[C@H](C)C#N)s2)CC1. The molecule has 0 spiro atoms. The number of hydrogen-bond donors (Lipinski definition) is 2. The molecule has 1 fully saturated rings. The van der Waals surface area contributed by atoms with Crippen LogP contribution in [0.4, 0.5) is 5.69 Å². The van der Waals surface area contributed by atoms with Crippen molar-refractivity contribution < 1.29 is 4.79 Å². The van der Waals surface area contributed by atoms with Crippen LogP contribution >= 0.6 is 11.3 Å². The van der Waals surface area contributed by atoms with E-state index in [2.05, 4.69) is 38.1 Å². The maximum Gasteiger partial charge on any atom is 0.217 e. The number of amides is 1. The number of pyridine rings is 1. The first-order valence-electron chi connectivity index (χ1n) is 12.1. The zero-order valence-electron chi connectivity index (χ0n) is 20.5. The Kier molecular flexibility index (Phi) is 6.80. The number of nitriles is 2. The molecule has 0 radical (unpaired) electrons. The van der Waals surface area contributed by atoms with Gasteiger partial charge >= 0.3 is 0 Å². The highest BCUT2D eigenvalue weighted by Gasteiger charge is 2.26. The van der Waals surface area contributed by atoms with Crippen molar-refractivity contribution >= 4 is 28.4 Å². The van der Waals surface area contributed by atoms with Crippen molar-refractivity contribution in [3.05, 3.63) is 47.2 Å². The van der Waals surface area contributed by atoms with E-state index in [0.717, 1.165) is 58.2 Å². The van der Waals surface area contributed by atoms with Gasteiger partial charge in [-0.05, 0) is 56.9 Å². The maximum absolute atomic E-state index is 11.4. The molecule has 186 valence electrons. The fourth-order valence-electron chi connectivity index (χ4n) is 4.69. The number of carbonyl (C=O) groups is 1. The van der Waals surface area contributed by atoms with Crippen molar-refractivity contribution in [1.82, 2.24) is 30.1 Å². The van der Waals surface area contributed by atoms with Crippen molar-refractivity contribution in [3.8, 4) is 34.1 Å². The van der Waals surface area contributed by atoms with Crippen LogP contribution in [0, 0.1) is 22.7 Å². The standard InChI is InChI=1S/C26H25N9OS/c1-15(11-27)31-22-10-23(24-8-7-20-9-17(12-28)13-30-35(20)24)29-14-21(22)26-34-33-25(37-26)18-3-5-19(6-4-18)32-16(2)36/h7-10,13-15,18-19H,3-6H2,1-2H3,(H,29,31)(H,32,36)/t15-,18?,19?/m1/s1. The van der Waals surface area contributed by atoms with E-state index in [-0.39, 0.29) is 11.9 Å². The molecule has 5 rings (SSSR count). The Balaban J connectivity index is 1.44. The fraction of sp³-hybridized carbons (Fsp3) is 0.346. The molecule has 1 aliphatic rings. The summed E-state index contributed by atoms with van der Waals surface area (Å²) in [7, 11) is 0. The molecule has 0 saturated heterocycles. The molecule has 0 bridgehead atoms. The smallest absolute Gasteiger partial charge is 0.217 e. The average molecular weight is 512 g/mol. The molecule has 1 saturated carbocycles. The molecular weight excluding hydrogens is 486 g/mol. The van der Waals surface area contributed by atoms with E-state index in [0.29, 0.717) is 17.2 Å². The lowest BCUT2D eigenvalue weighted by Crippen LogP contribution is -2.35. The number of hydrogen-bond acceptors (Lipinski definition) is 9. The van der Waals surface area contributed by atoms with E-state index in [4.69, 9.17) is 10.2 Å². The second-order valence-electron chi connectivity index (χ2n) is 9.22. The lowest BCUT2D eigenvalue weighted by atomic mass is 9.86. The fourth-order valence-corrected chi connectivity index (χ4v) is 5.72. The van der Waals surface area contributed by atoms with Gasteiger partial charge in [0, 0.05) is 30.8 Å². The summed E-state index contributed by atoms with van der Waals surface area (Å²) in [5.74, 6) is 0.328. The van der Waals surface area contributed by atoms with Gasteiger partial charge in [-0.1, -0.05) is 11.3 Å². The van der Waals surface area contributed by atoms with E-state index in [1.165, 1.54) is 6.20 Å². The summed E-state index contributed by atoms with van der Waals surface area (Å²) in [6.45, 7) is 3.35. The van der Waals surface area contributed by atoms with Gasteiger partial charge in [0.25, 0.3) is 0 Å². The summed E-state index contributed by atoms with van der Waals surface area (Å²) in [5, 5.41) is 39.9. The van der Waals surface area contributed by atoms with Gasteiger partial charge in [-0.2, -0.15) is 15.6 Å². The summed E-state index contributed by atoms with van der Waals surface area (Å²) in [5.41, 5.74) is 4.24. The normalized spacial score (nSPS) is 18.1. The van der Waals surface area contributed by atoms with Gasteiger partial charge < -0.3 is 10.6 Å². The van der Waals surface area contributed by atoms with Crippen LogP contribution in [-0.2, 0) is 4.79 Å². The molecule has 1 atom stereocenters. The Morgan fingerprint density at radius 2 is 1.97 bits per heavy atom. The van der Waals surface area contributed by atoms with Gasteiger partial charge in [0.15, 0.2) is 5.01 Å². The largest absolute Gasteiger partial charge is 0.369 e. The number of aromatic nitrogens is 5. The van der Waals surface area contributed by atoms with Gasteiger partial charge in [0.1, 0.15) is 17.1 Å². The van der Waals surface area contributed by atoms with Crippen LogP contribution in [-0.4, -0.2) is 42.8 Å². The van der Waals surface area contributed by atoms with E-state index in [1.54, 1.807) is 42.0 Å². The van der Waals surface area contributed by atoms with Crippen LogP contribution in [0.5, 0.6) is 0 Å². The minimum atomic E-state index is -0.425. The number of anilines is 1. The Bertz CT molecular complexity index is 1540. The molecule has 0 aliphatic heterocycles. The number of rotatable bonds is 6. The molecule has 0 aromatic carbocycles.